The van der Waals surface area contributed by atoms with Gasteiger partial charge in [0.15, 0.2) is 0 Å². The maximum absolute atomic E-state index is 13.2. The Balaban J connectivity index is 0.00000210. The standard InChI is InChI=1S/C21H28BrN3O.ClH/c1-23-9-11-24(12-10-23)21(26)19-15-25(14-16-5-3-2-4-6-16)20-13-17(22)7-8-18(19)20;/h7-8,13,15-16H,2-6,9-12,14H2,1H3;1H. The third-order valence-corrected chi connectivity index (χ3v) is 6.54. The van der Waals surface area contributed by atoms with Crippen LogP contribution in [0.25, 0.3) is 10.9 Å². The molecule has 6 heteroatoms. The second-order valence-electron chi connectivity index (χ2n) is 7.96. The molecule has 0 radical (unpaired) electrons. The Kier molecular flexibility index (Phi) is 6.88. The molecule has 1 amide bonds. The zero-order valence-corrected chi connectivity index (χ0v) is 18.4. The fourth-order valence-corrected chi connectivity index (χ4v) is 4.76. The quantitative estimate of drug-likeness (QED) is 0.667. The molecule has 2 fully saturated rings. The fraction of sp³-hybridized carbons (Fsp3) is 0.571. The van der Waals surface area contributed by atoms with E-state index in [1.165, 1.54) is 37.6 Å². The Bertz CT molecular complexity index is 792. The van der Waals surface area contributed by atoms with E-state index in [4.69, 9.17) is 0 Å². The minimum absolute atomic E-state index is 0. The summed E-state index contributed by atoms with van der Waals surface area (Å²) in [5, 5.41) is 1.09. The lowest BCUT2D eigenvalue weighted by atomic mass is 9.89. The summed E-state index contributed by atoms with van der Waals surface area (Å²) in [7, 11) is 2.12. The predicted octanol–water partition coefficient (Wildman–Crippen LogP) is 4.79. The number of hydrogen-bond donors (Lipinski definition) is 0. The van der Waals surface area contributed by atoms with Crippen molar-refractivity contribution >= 4 is 45.1 Å². The third-order valence-electron chi connectivity index (χ3n) is 6.04. The molecule has 4 rings (SSSR count). The summed E-state index contributed by atoms with van der Waals surface area (Å²) >= 11 is 3.61. The zero-order chi connectivity index (χ0) is 18.1. The van der Waals surface area contributed by atoms with Crippen molar-refractivity contribution in [3.05, 3.63) is 34.4 Å². The highest BCUT2D eigenvalue weighted by molar-refractivity contribution is 9.10. The average molecular weight is 455 g/mol. The molecule has 148 valence electrons. The molecule has 0 unspecified atom stereocenters. The number of carbonyl (C=O) groups excluding carboxylic acids is 1. The highest BCUT2D eigenvalue weighted by Crippen LogP contribution is 2.30. The number of aromatic nitrogens is 1. The number of benzene rings is 1. The number of amides is 1. The average Bonchev–Trinajstić information content (AvgIpc) is 3.00. The molecule has 0 spiro atoms. The third kappa shape index (κ3) is 4.52. The van der Waals surface area contributed by atoms with E-state index in [1.54, 1.807) is 0 Å². The number of fused-ring (bicyclic) bond motifs is 1. The van der Waals surface area contributed by atoms with Crippen molar-refractivity contribution in [2.24, 2.45) is 5.92 Å². The van der Waals surface area contributed by atoms with Gasteiger partial charge in [-0.3, -0.25) is 4.79 Å². The lowest BCUT2D eigenvalue weighted by Crippen LogP contribution is -2.47. The van der Waals surface area contributed by atoms with Crippen LogP contribution in [0.4, 0.5) is 0 Å². The summed E-state index contributed by atoms with van der Waals surface area (Å²) in [6.45, 7) is 4.58. The van der Waals surface area contributed by atoms with Crippen molar-refractivity contribution in [2.45, 2.75) is 38.6 Å². The largest absolute Gasteiger partial charge is 0.346 e. The highest BCUT2D eigenvalue weighted by Gasteiger charge is 2.24. The number of nitrogens with zero attached hydrogens (tertiary/aromatic N) is 3. The van der Waals surface area contributed by atoms with Crippen molar-refractivity contribution in [2.75, 3.05) is 33.2 Å². The maximum Gasteiger partial charge on any atom is 0.256 e. The van der Waals surface area contributed by atoms with E-state index in [0.717, 1.165) is 54.1 Å². The molecule has 1 aliphatic heterocycles. The Morgan fingerprint density at radius 2 is 1.81 bits per heavy atom. The van der Waals surface area contributed by atoms with E-state index in [9.17, 15) is 4.79 Å². The van der Waals surface area contributed by atoms with Crippen LogP contribution in [0.5, 0.6) is 0 Å². The minimum atomic E-state index is 0. The van der Waals surface area contributed by atoms with Gasteiger partial charge in [-0.15, -0.1) is 12.4 Å². The van der Waals surface area contributed by atoms with Crippen molar-refractivity contribution in [3.63, 3.8) is 0 Å². The minimum Gasteiger partial charge on any atom is -0.346 e. The first-order valence-corrected chi connectivity index (χ1v) is 10.7. The van der Waals surface area contributed by atoms with E-state index in [2.05, 4.69) is 50.8 Å². The van der Waals surface area contributed by atoms with E-state index >= 15 is 0 Å². The van der Waals surface area contributed by atoms with Gasteiger partial charge in [-0.05, 0) is 37.9 Å². The molecule has 1 aromatic heterocycles. The molecule has 1 aromatic carbocycles. The summed E-state index contributed by atoms with van der Waals surface area (Å²) in [4.78, 5) is 17.5. The van der Waals surface area contributed by atoms with Crippen LogP contribution in [0.2, 0.25) is 0 Å². The van der Waals surface area contributed by atoms with E-state index in [1.807, 2.05) is 11.0 Å². The molecule has 1 aliphatic carbocycles. The van der Waals surface area contributed by atoms with Gasteiger partial charge in [-0.1, -0.05) is 41.3 Å². The molecule has 0 atom stereocenters. The molecular weight excluding hydrogens is 426 g/mol. The molecule has 2 aromatic rings. The Hall–Kier alpha value is -1.04. The van der Waals surface area contributed by atoms with Gasteiger partial charge in [0.05, 0.1) is 5.56 Å². The zero-order valence-electron chi connectivity index (χ0n) is 16.0. The van der Waals surface area contributed by atoms with Crippen LogP contribution in [0.1, 0.15) is 42.5 Å². The van der Waals surface area contributed by atoms with Gasteiger partial charge in [0.2, 0.25) is 0 Å². The first-order chi connectivity index (χ1) is 12.6. The molecule has 27 heavy (non-hydrogen) atoms. The maximum atomic E-state index is 13.2. The van der Waals surface area contributed by atoms with Gasteiger partial charge >= 0.3 is 0 Å². The lowest BCUT2D eigenvalue weighted by Gasteiger charge is -2.32. The van der Waals surface area contributed by atoms with Crippen LogP contribution >= 0.6 is 28.3 Å². The first-order valence-electron chi connectivity index (χ1n) is 9.88. The molecular formula is C21H29BrClN3O. The summed E-state index contributed by atoms with van der Waals surface area (Å²) in [6.07, 6.45) is 8.82. The molecule has 4 nitrogen and oxygen atoms in total. The second kappa shape index (κ2) is 8.97. The highest BCUT2D eigenvalue weighted by atomic mass is 79.9. The number of piperazine rings is 1. The fourth-order valence-electron chi connectivity index (χ4n) is 4.41. The van der Waals surface area contributed by atoms with E-state index < -0.39 is 0 Å². The topological polar surface area (TPSA) is 28.5 Å². The van der Waals surface area contributed by atoms with E-state index in [-0.39, 0.29) is 18.3 Å². The van der Waals surface area contributed by atoms with Crippen LogP contribution in [0, 0.1) is 5.92 Å². The van der Waals surface area contributed by atoms with Crippen LogP contribution in [0.3, 0.4) is 0 Å². The van der Waals surface area contributed by atoms with Crippen LogP contribution < -0.4 is 0 Å². The summed E-state index contributed by atoms with van der Waals surface area (Å²) < 4.78 is 3.41. The molecule has 2 heterocycles. The Morgan fingerprint density at radius 1 is 1.11 bits per heavy atom. The summed E-state index contributed by atoms with van der Waals surface area (Å²) in [5.74, 6) is 0.928. The molecule has 0 bridgehead atoms. The van der Waals surface area contributed by atoms with Crippen molar-refractivity contribution in [1.82, 2.24) is 14.4 Å². The van der Waals surface area contributed by atoms with Gasteiger partial charge in [0.1, 0.15) is 0 Å². The normalized spacial score (nSPS) is 19.3. The number of carbonyl (C=O) groups is 1. The van der Waals surface area contributed by atoms with Gasteiger partial charge < -0.3 is 14.4 Å². The summed E-state index contributed by atoms with van der Waals surface area (Å²) in [6, 6.07) is 6.31. The lowest BCUT2D eigenvalue weighted by molar-refractivity contribution is 0.0666. The molecule has 2 aliphatic rings. The van der Waals surface area contributed by atoms with Crippen LogP contribution in [-0.4, -0.2) is 53.5 Å². The molecule has 1 saturated carbocycles. The van der Waals surface area contributed by atoms with Crippen LogP contribution in [-0.2, 0) is 6.54 Å². The summed E-state index contributed by atoms with van der Waals surface area (Å²) in [5.41, 5.74) is 2.05. The Labute approximate surface area is 176 Å². The number of hydrogen-bond acceptors (Lipinski definition) is 2. The Morgan fingerprint density at radius 3 is 2.52 bits per heavy atom. The van der Waals surface area contributed by atoms with E-state index in [0.29, 0.717) is 0 Å². The smallest absolute Gasteiger partial charge is 0.256 e. The molecule has 0 N–H and O–H groups in total. The van der Waals surface area contributed by atoms with Crippen molar-refractivity contribution in [1.29, 1.82) is 0 Å². The molecule has 1 saturated heterocycles. The van der Waals surface area contributed by atoms with Gasteiger partial charge in [-0.2, -0.15) is 0 Å². The number of rotatable bonds is 3. The number of likely N-dealkylation sites (N-methyl/N-ethyl adjacent to an activating group) is 1. The predicted molar refractivity (Wildman–Crippen MR) is 117 cm³/mol. The van der Waals surface area contributed by atoms with Gasteiger partial charge in [0.25, 0.3) is 5.91 Å². The number of halogens is 2. The second-order valence-corrected chi connectivity index (χ2v) is 8.87. The van der Waals surface area contributed by atoms with Crippen molar-refractivity contribution < 1.29 is 4.79 Å². The van der Waals surface area contributed by atoms with Gasteiger partial charge in [-0.25, -0.2) is 0 Å². The van der Waals surface area contributed by atoms with Crippen LogP contribution in [0.15, 0.2) is 28.9 Å². The monoisotopic (exact) mass is 453 g/mol. The first kappa shape index (κ1) is 20.7. The SMILES string of the molecule is CN1CCN(C(=O)c2cn(CC3CCCCC3)c3cc(Br)ccc23)CC1.Cl. The van der Waals surface area contributed by atoms with Gasteiger partial charge in [0, 0.05) is 54.3 Å². The van der Waals surface area contributed by atoms with Crippen molar-refractivity contribution in [3.8, 4) is 0 Å².